The van der Waals surface area contributed by atoms with Gasteiger partial charge >= 0.3 is 0 Å². The van der Waals surface area contributed by atoms with Crippen molar-refractivity contribution in [2.24, 2.45) is 11.3 Å². The maximum absolute atomic E-state index is 12.3. The van der Waals surface area contributed by atoms with E-state index in [1.54, 1.807) is 7.11 Å². The first-order chi connectivity index (χ1) is 9.93. The predicted molar refractivity (Wildman–Crippen MR) is 85.5 cm³/mol. The molecule has 0 aromatic heterocycles. The fourth-order valence-electron chi connectivity index (χ4n) is 3.97. The molecule has 0 radical (unpaired) electrons. The van der Waals surface area contributed by atoms with Crippen LogP contribution in [-0.4, -0.2) is 12.9 Å². The van der Waals surface area contributed by atoms with Crippen molar-refractivity contribution in [1.82, 2.24) is 0 Å². The van der Waals surface area contributed by atoms with Crippen LogP contribution in [0.2, 0.25) is 0 Å². The molecule has 3 rings (SSSR count). The number of benzene rings is 1. The maximum Gasteiger partial charge on any atom is 0.139 e. The van der Waals surface area contributed by atoms with Crippen molar-refractivity contribution in [1.29, 1.82) is 0 Å². The average Bonchev–Trinajstić information content (AvgIpc) is 2.62. The van der Waals surface area contributed by atoms with Crippen LogP contribution in [0.15, 0.2) is 17.7 Å². The first kappa shape index (κ1) is 14.4. The Hall–Kier alpha value is -1.57. The number of methoxy groups -OCH3 is 1. The van der Waals surface area contributed by atoms with Crippen LogP contribution in [0, 0.1) is 18.3 Å². The Labute approximate surface area is 127 Å². The molecule has 112 valence electrons. The van der Waals surface area contributed by atoms with Gasteiger partial charge in [-0.2, -0.15) is 0 Å². The van der Waals surface area contributed by atoms with Gasteiger partial charge in [-0.3, -0.25) is 4.79 Å². The van der Waals surface area contributed by atoms with Crippen LogP contribution in [0.1, 0.15) is 49.8 Å². The van der Waals surface area contributed by atoms with Crippen LogP contribution in [0.3, 0.4) is 0 Å². The summed E-state index contributed by atoms with van der Waals surface area (Å²) in [6.45, 7) is 6.33. The molecule has 2 aliphatic rings. The molecule has 2 nitrogen and oxygen atoms in total. The van der Waals surface area contributed by atoms with Crippen LogP contribution in [0.4, 0.5) is 0 Å². The van der Waals surface area contributed by atoms with Gasteiger partial charge in [0.2, 0.25) is 0 Å². The third-order valence-electron chi connectivity index (χ3n) is 5.38. The molecule has 0 N–H and O–H groups in total. The van der Waals surface area contributed by atoms with Crippen molar-refractivity contribution < 1.29 is 9.53 Å². The lowest BCUT2D eigenvalue weighted by molar-refractivity contribution is -0.130. The molecule has 1 aromatic carbocycles. The van der Waals surface area contributed by atoms with Crippen LogP contribution in [0.25, 0.3) is 6.08 Å². The van der Waals surface area contributed by atoms with Crippen molar-refractivity contribution in [3.05, 3.63) is 34.4 Å². The van der Waals surface area contributed by atoms with Gasteiger partial charge in [0.15, 0.2) is 0 Å². The predicted octanol–water partition coefficient (Wildman–Crippen LogP) is 4.34. The van der Waals surface area contributed by atoms with E-state index in [1.807, 2.05) is 0 Å². The molecule has 2 aliphatic carbocycles. The summed E-state index contributed by atoms with van der Waals surface area (Å²) >= 11 is 0. The summed E-state index contributed by atoms with van der Waals surface area (Å²) in [7, 11) is 1.73. The fraction of sp³-hybridized carbons (Fsp3) is 0.526. The molecule has 1 aromatic rings. The molecule has 21 heavy (non-hydrogen) atoms. The number of aryl methyl sites for hydroxylation is 2. The second-order valence-electron chi connectivity index (χ2n) is 6.98. The van der Waals surface area contributed by atoms with Gasteiger partial charge in [-0.05, 0) is 54.9 Å². The quantitative estimate of drug-likeness (QED) is 0.767. The van der Waals surface area contributed by atoms with Gasteiger partial charge in [0.05, 0.1) is 7.11 Å². The van der Waals surface area contributed by atoms with E-state index in [0.29, 0.717) is 18.1 Å². The summed E-state index contributed by atoms with van der Waals surface area (Å²) in [6, 6.07) is 4.40. The van der Waals surface area contributed by atoms with Crippen LogP contribution in [0.5, 0.6) is 5.75 Å². The SMILES string of the molecule is COc1cc2c(cc1C)CC[C@@H]1C(=C2)CCC(=O)C1(C)C. The number of allylic oxidation sites excluding steroid dienone is 1. The molecule has 0 saturated heterocycles. The van der Waals surface area contributed by atoms with Crippen LogP contribution in [-0.2, 0) is 11.2 Å². The topological polar surface area (TPSA) is 26.3 Å². The van der Waals surface area contributed by atoms with E-state index in [2.05, 4.69) is 39.0 Å². The molecule has 0 spiro atoms. The van der Waals surface area contributed by atoms with Gasteiger partial charge in [-0.15, -0.1) is 0 Å². The highest BCUT2D eigenvalue weighted by molar-refractivity contribution is 5.87. The normalized spacial score (nSPS) is 23.7. The number of hydrogen-bond acceptors (Lipinski definition) is 2. The second kappa shape index (κ2) is 5.01. The van der Waals surface area contributed by atoms with E-state index in [1.165, 1.54) is 22.3 Å². The Balaban J connectivity index is 2.06. The fourth-order valence-corrected chi connectivity index (χ4v) is 3.97. The number of hydrogen-bond donors (Lipinski definition) is 0. The standard InChI is InChI=1S/C19H24O2/c1-12-9-13-5-7-16-14(6-8-18(20)19(16,2)3)10-15(13)11-17(12)21-4/h9-11,16H,5-8H2,1-4H3/t16-/m1/s1. The van der Waals surface area contributed by atoms with E-state index in [4.69, 9.17) is 4.74 Å². The Bertz CT molecular complexity index is 623. The molecule has 2 heteroatoms. The van der Waals surface area contributed by atoms with Crippen molar-refractivity contribution in [2.75, 3.05) is 7.11 Å². The highest BCUT2D eigenvalue weighted by Crippen LogP contribution is 2.46. The minimum Gasteiger partial charge on any atom is -0.496 e. The number of Topliss-reactive ketones (excluding diaryl/α,β-unsaturated/α-hetero) is 1. The summed E-state index contributed by atoms with van der Waals surface area (Å²) in [5, 5.41) is 0. The van der Waals surface area contributed by atoms with Gasteiger partial charge in [-0.25, -0.2) is 0 Å². The number of fused-ring (bicyclic) bond motifs is 2. The Kier molecular flexibility index (Phi) is 3.43. The zero-order valence-electron chi connectivity index (χ0n) is 13.5. The molecule has 1 atom stereocenters. The molecule has 0 bridgehead atoms. The summed E-state index contributed by atoms with van der Waals surface area (Å²) in [5.41, 5.74) is 5.09. The summed E-state index contributed by atoms with van der Waals surface area (Å²) in [4.78, 5) is 12.3. The third-order valence-corrected chi connectivity index (χ3v) is 5.38. The maximum atomic E-state index is 12.3. The minimum absolute atomic E-state index is 0.217. The number of ketones is 1. The second-order valence-corrected chi connectivity index (χ2v) is 6.98. The molecule has 0 unspecified atom stereocenters. The van der Waals surface area contributed by atoms with E-state index >= 15 is 0 Å². The Morgan fingerprint density at radius 3 is 2.67 bits per heavy atom. The van der Waals surface area contributed by atoms with E-state index < -0.39 is 0 Å². The van der Waals surface area contributed by atoms with Gasteiger partial charge in [0, 0.05) is 11.8 Å². The number of rotatable bonds is 1. The van der Waals surface area contributed by atoms with Gasteiger partial charge in [-0.1, -0.05) is 31.6 Å². The largest absolute Gasteiger partial charge is 0.496 e. The van der Waals surface area contributed by atoms with E-state index in [0.717, 1.165) is 25.0 Å². The molecule has 0 heterocycles. The van der Waals surface area contributed by atoms with Gasteiger partial charge in [0.1, 0.15) is 11.5 Å². The van der Waals surface area contributed by atoms with Crippen molar-refractivity contribution in [2.45, 2.75) is 46.5 Å². The lowest BCUT2D eigenvalue weighted by Crippen LogP contribution is -2.38. The first-order valence-corrected chi connectivity index (χ1v) is 7.84. The van der Waals surface area contributed by atoms with Crippen molar-refractivity contribution >= 4 is 11.9 Å². The molecular weight excluding hydrogens is 260 g/mol. The van der Waals surface area contributed by atoms with Crippen molar-refractivity contribution in [3.8, 4) is 5.75 Å². The average molecular weight is 284 g/mol. The summed E-state index contributed by atoms with van der Waals surface area (Å²) in [5.74, 6) is 1.76. The number of carbonyl (C=O) groups excluding carboxylic acids is 1. The zero-order chi connectivity index (χ0) is 15.2. The molecule has 1 saturated carbocycles. The Morgan fingerprint density at radius 1 is 1.19 bits per heavy atom. The highest BCUT2D eigenvalue weighted by Gasteiger charge is 2.42. The van der Waals surface area contributed by atoms with Gasteiger partial charge in [0.25, 0.3) is 0 Å². The monoisotopic (exact) mass is 284 g/mol. The van der Waals surface area contributed by atoms with Crippen molar-refractivity contribution in [3.63, 3.8) is 0 Å². The molecule has 0 aliphatic heterocycles. The molecule has 1 fully saturated rings. The first-order valence-electron chi connectivity index (χ1n) is 7.84. The zero-order valence-corrected chi connectivity index (χ0v) is 13.5. The van der Waals surface area contributed by atoms with Crippen LogP contribution >= 0.6 is 0 Å². The van der Waals surface area contributed by atoms with Crippen LogP contribution < -0.4 is 4.74 Å². The Morgan fingerprint density at radius 2 is 1.95 bits per heavy atom. The third kappa shape index (κ3) is 2.31. The molecular formula is C19H24O2. The lowest BCUT2D eigenvalue weighted by Gasteiger charge is -2.38. The number of ether oxygens (including phenoxy) is 1. The summed E-state index contributed by atoms with van der Waals surface area (Å²) < 4.78 is 5.46. The molecule has 0 amide bonds. The lowest BCUT2D eigenvalue weighted by atomic mass is 9.64. The smallest absolute Gasteiger partial charge is 0.139 e. The highest BCUT2D eigenvalue weighted by atomic mass is 16.5. The van der Waals surface area contributed by atoms with Gasteiger partial charge < -0.3 is 4.74 Å². The number of carbonyl (C=O) groups is 1. The summed E-state index contributed by atoms with van der Waals surface area (Å²) in [6.07, 6.45) is 6.05. The van der Waals surface area contributed by atoms with E-state index in [-0.39, 0.29) is 5.41 Å². The van der Waals surface area contributed by atoms with E-state index in [9.17, 15) is 4.79 Å². The minimum atomic E-state index is -0.217.